The number of nitrogens with zero attached hydrogens (tertiary/aromatic N) is 3. The Balaban J connectivity index is 2.67. The summed E-state index contributed by atoms with van der Waals surface area (Å²) < 4.78 is 28.6. The Hall–Kier alpha value is -1.43. The van der Waals surface area contributed by atoms with Crippen molar-refractivity contribution < 1.29 is 8.78 Å². The van der Waals surface area contributed by atoms with E-state index in [9.17, 15) is 8.78 Å². The highest BCUT2D eigenvalue weighted by Gasteiger charge is 2.18. The lowest BCUT2D eigenvalue weighted by atomic mass is 10.2. The van der Waals surface area contributed by atoms with E-state index in [-0.39, 0.29) is 11.4 Å². The molecule has 0 spiro atoms. The first-order valence-electron chi connectivity index (χ1n) is 4.71. The van der Waals surface area contributed by atoms with Crippen molar-refractivity contribution in [1.82, 2.24) is 14.8 Å². The van der Waals surface area contributed by atoms with Crippen molar-refractivity contribution in [3.63, 3.8) is 0 Å². The van der Waals surface area contributed by atoms with Crippen LogP contribution in [0.1, 0.15) is 6.92 Å². The fourth-order valence-corrected chi connectivity index (χ4v) is 1.76. The smallest absolute Gasteiger partial charge is 0.188 e. The zero-order valence-corrected chi connectivity index (χ0v) is 9.38. The second-order valence-electron chi connectivity index (χ2n) is 3.16. The van der Waals surface area contributed by atoms with Gasteiger partial charge in [0, 0.05) is 6.54 Å². The molecular weight excluding hydrogens is 232 g/mol. The van der Waals surface area contributed by atoms with Gasteiger partial charge in [0.25, 0.3) is 0 Å². The van der Waals surface area contributed by atoms with Gasteiger partial charge in [-0.15, -0.1) is 22.8 Å². The number of hydrogen-bond acceptors (Lipinski definition) is 3. The topological polar surface area (TPSA) is 30.7 Å². The second-order valence-corrected chi connectivity index (χ2v) is 3.56. The van der Waals surface area contributed by atoms with Crippen LogP contribution in [0.4, 0.5) is 8.78 Å². The molecule has 1 aromatic heterocycles. The van der Waals surface area contributed by atoms with Gasteiger partial charge in [-0.2, -0.15) is 0 Å². The molecule has 0 aliphatic carbocycles. The molecule has 84 valence electrons. The third-order valence-corrected chi connectivity index (χ3v) is 2.56. The molecule has 0 atom stereocenters. The van der Waals surface area contributed by atoms with Gasteiger partial charge < -0.3 is 4.57 Å². The van der Waals surface area contributed by atoms with Crippen LogP contribution in [0.15, 0.2) is 23.4 Å². The quantitative estimate of drug-likeness (QED) is 0.819. The van der Waals surface area contributed by atoms with Gasteiger partial charge in [-0.05, 0) is 19.1 Å². The number of hydrogen-bond donors (Lipinski definition) is 1. The van der Waals surface area contributed by atoms with Crippen LogP contribution in [0.2, 0.25) is 0 Å². The lowest BCUT2D eigenvalue weighted by molar-refractivity contribution is 0.582. The molecule has 2 aromatic rings. The monoisotopic (exact) mass is 241 g/mol. The van der Waals surface area contributed by atoms with Gasteiger partial charge in [0.05, 0.1) is 5.56 Å². The van der Waals surface area contributed by atoms with Crippen LogP contribution in [-0.2, 0) is 6.54 Å². The van der Waals surface area contributed by atoms with E-state index in [0.29, 0.717) is 11.7 Å². The molecule has 0 fully saturated rings. The lowest BCUT2D eigenvalue weighted by Gasteiger charge is -2.06. The lowest BCUT2D eigenvalue weighted by Crippen LogP contribution is -2.01. The molecule has 0 aliphatic heterocycles. The highest BCUT2D eigenvalue weighted by atomic mass is 32.1. The summed E-state index contributed by atoms with van der Waals surface area (Å²) in [4.78, 5) is 0. The zero-order chi connectivity index (χ0) is 11.7. The van der Waals surface area contributed by atoms with E-state index >= 15 is 0 Å². The minimum Gasteiger partial charge on any atom is -0.302 e. The summed E-state index contributed by atoms with van der Waals surface area (Å²) >= 11 is 4.06. The number of halogens is 2. The molecule has 0 unspecified atom stereocenters. The average molecular weight is 241 g/mol. The Morgan fingerprint density at radius 1 is 1.25 bits per heavy atom. The largest absolute Gasteiger partial charge is 0.302 e. The van der Waals surface area contributed by atoms with E-state index in [1.807, 2.05) is 6.92 Å². The Bertz CT molecular complexity index is 505. The standard InChI is InChI=1S/C10H9F2N3S/c1-2-15-9(13-14-10(15)16)8-6(11)4-3-5-7(8)12/h3-5H,2H2,1H3,(H,14,16). The van der Waals surface area contributed by atoms with Crippen molar-refractivity contribution in [2.75, 3.05) is 0 Å². The fourth-order valence-electron chi connectivity index (χ4n) is 1.48. The first-order valence-corrected chi connectivity index (χ1v) is 5.16. The van der Waals surface area contributed by atoms with Gasteiger partial charge in [0.1, 0.15) is 11.6 Å². The Labute approximate surface area is 96.5 Å². The van der Waals surface area contributed by atoms with E-state index in [1.54, 1.807) is 0 Å². The molecule has 0 bridgehead atoms. The van der Waals surface area contributed by atoms with Gasteiger partial charge >= 0.3 is 0 Å². The molecule has 0 N–H and O–H groups in total. The third kappa shape index (κ3) is 1.69. The number of rotatable bonds is 2. The third-order valence-electron chi connectivity index (χ3n) is 2.23. The van der Waals surface area contributed by atoms with E-state index in [2.05, 4.69) is 22.8 Å². The maximum Gasteiger partial charge on any atom is 0.188 e. The van der Waals surface area contributed by atoms with Crippen LogP contribution in [0.3, 0.4) is 0 Å². The summed E-state index contributed by atoms with van der Waals surface area (Å²) in [6, 6.07) is 3.68. The van der Waals surface area contributed by atoms with E-state index < -0.39 is 11.6 Å². The van der Waals surface area contributed by atoms with Crippen molar-refractivity contribution in [3.8, 4) is 11.4 Å². The van der Waals surface area contributed by atoms with E-state index in [4.69, 9.17) is 0 Å². The van der Waals surface area contributed by atoms with Crippen molar-refractivity contribution in [2.24, 2.45) is 0 Å². The van der Waals surface area contributed by atoms with Crippen LogP contribution in [-0.4, -0.2) is 14.8 Å². The summed E-state index contributed by atoms with van der Waals surface area (Å²) in [7, 11) is 0. The first kappa shape index (κ1) is 11.1. The fraction of sp³-hybridized carbons (Fsp3) is 0.200. The second kappa shape index (κ2) is 4.21. The molecule has 0 saturated heterocycles. The van der Waals surface area contributed by atoms with Crippen molar-refractivity contribution in [3.05, 3.63) is 29.8 Å². The van der Waals surface area contributed by atoms with Gasteiger partial charge in [0.15, 0.2) is 11.0 Å². The first-order chi connectivity index (χ1) is 7.65. The summed E-state index contributed by atoms with van der Waals surface area (Å²) in [6.07, 6.45) is 0. The number of aromatic nitrogens is 3. The van der Waals surface area contributed by atoms with Crippen molar-refractivity contribution in [1.29, 1.82) is 0 Å². The number of benzene rings is 1. The molecule has 16 heavy (non-hydrogen) atoms. The number of thiol groups is 1. The van der Waals surface area contributed by atoms with Crippen molar-refractivity contribution in [2.45, 2.75) is 18.6 Å². The predicted octanol–water partition coefficient (Wildman–Crippen LogP) is 2.53. The van der Waals surface area contributed by atoms with Gasteiger partial charge in [-0.3, -0.25) is 0 Å². The molecule has 0 radical (unpaired) electrons. The molecular formula is C10H9F2N3S. The molecule has 2 rings (SSSR count). The molecule has 0 amide bonds. The maximum absolute atomic E-state index is 13.5. The average Bonchev–Trinajstić information content (AvgIpc) is 2.59. The van der Waals surface area contributed by atoms with Gasteiger partial charge in [0.2, 0.25) is 0 Å². The molecule has 3 nitrogen and oxygen atoms in total. The summed E-state index contributed by atoms with van der Waals surface area (Å²) in [6.45, 7) is 2.32. The summed E-state index contributed by atoms with van der Waals surface area (Å²) in [5.41, 5.74) is -0.169. The van der Waals surface area contributed by atoms with Gasteiger partial charge in [-0.25, -0.2) is 8.78 Å². The van der Waals surface area contributed by atoms with Crippen LogP contribution < -0.4 is 0 Å². The minimum atomic E-state index is -0.657. The summed E-state index contributed by atoms with van der Waals surface area (Å²) in [5.74, 6) is -1.16. The molecule has 0 aliphatic rings. The molecule has 0 saturated carbocycles. The van der Waals surface area contributed by atoms with Crippen molar-refractivity contribution >= 4 is 12.6 Å². The van der Waals surface area contributed by atoms with Crippen LogP contribution in [0, 0.1) is 11.6 Å². The Kier molecular flexibility index (Phi) is 2.91. The predicted molar refractivity (Wildman–Crippen MR) is 58.3 cm³/mol. The normalized spacial score (nSPS) is 10.8. The summed E-state index contributed by atoms with van der Waals surface area (Å²) in [5, 5.41) is 7.76. The molecule has 6 heteroatoms. The SMILES string of the molecule is CCn1c(S)nnc1-c1c(F)cccc1F. The zero-order valence-electron chi connectivity index (χ0n) is 8.48. The molecule has 1 aromatic carbocycles. The minimum absolute atomic E-state index is 0.156. The van der Waals surface area contributed by atoms with Crippen LogP contribution in [0.5, 0.6) is 0 Å². The van der Waals surface area contributed by atoms with Crippen LogP contribution in [0.25, 0.3) is 11.4 Å². The van der Waals surface area contributed by atoms with E-state index in [1.165, 1.54) is 22.8 Å². The Morgan fingerprint density at radius 3 is 2.44 bits per heavy atom. The maximum atomic E-state index is 13.5. The highest BCUT2D eigenvalue weighted by molar-refractivity contribution is 7.80. The van der Waals surface area contributed by atoms with E-state index in [0.717, 1.165) is 0 Å². The highest BCUT2D eigenvalue weighted by Crippen LogP contribution is 2.25. The van der Waals surface area contributed by atoms with Gasteiger partial charge in [-0.1, -0.05) is 6.07 Å². The Morgan fingerprint density at radius 2 is 1.88 bits per heavy atom. The molecule has 1 heterocycles. The van der Waals surface area contributed by atoms with Crippen LogP contribution >= 0.6 is 12.6 Å².